The summed E-state index contributed by atoms with van der Waals surface area (Å²) >= 11 is 0. The highest BCUT2D eigenvalue weighted by Crippen LogP contribution is 2.08. The lowest BCUT2D eigenvalue weighted by Gasteiger charge is -1.96. The number of aromatic nitrogens is 8. The molecule has 12 nitrogen and oxygen atoms in total. The maximum Gasteiger partial charge on any atom is 0.197 e. The molecule has 0 aliphatic heterocycles. The van der Waals surface area contributed by atoms with Crippen molar-refractivity contribution in [3.8, 4) is 47.6 Å². The maximum absolute atomic E-state index is 8.57. The molecule has 0 amide bonds. The summed E-state index contributed by atoms with van der Waals surface area (Å²) in [7, 11) is 0. The Labute approximate surface area is 180 Å². The molecule has 0 N–H and O–H groups in total. The van der Waals surface area contributed by atoms with Gasteiger partial charge in [0, 0.05) is 49.6 Å². The van der Waals surface area contributed by atoms with Crippen LogP contribution in [-0.4, -0.2) is 39.9 Å². The molecule has 0 fully saturated rings. The third kappa shape index (κ3) is 5.21. The molecule has 0 saturated heterocycles. The van der Waals surface area contributed by atoms with Gasteiger partial charge in [0.15, 0.2) is 23.3 Å². The zero-order valence-electron chi connectivity index (χ0n) is 16.0. The summed E-state index contributed by atoms with van der Waals surface area (Å²) in [6.45, 7) is 0. The smallest absolute Gasteiger partial charge is 0.197 e. The molecule has 0 saturated carbocycles. The van der Waals surface area contributed by atoms with Gasteiger partial charge in [0.2, 0.25) is 0 Å². The lowest BCUT2D eigenvalue weighted by atomic mass is 10.3. The predicted octanol–water partition coefficient (Wildman–Crippen LogP) is 1.35. The molecule has 4 aromatic rings. The van der Waals surface area contributed by atoms with Gasteiger partial charge in [-0.2, -0.15) is 21.0 Å². The largest absolute Gasteiger partial charge is 0.232 e. The zero-order valence-corrected chi connectivity index (χ0v) is 16.0. The molecule has 0 aliphatic rings. The van der Waals surface area contributed by atoms with Gasteiger partial charge in [-0.15, -0.1) is 0 Å². The molecule has 0 bridgehead atoms. The van der Waals surface area contributed by atoms with Crippen LogP contribution in [0.5, 0.6) is 0 Å². The van der Waals surface area contributed by atoms with E-state index in [-0.39, 0.29) is 0 Å². The number of hydrogen-bond acceptors (Lipinski definition) is 12. The van der Waals surface area contributed by atoms with Crippen LogP contribution in [-0.2, 0) is 0 Å². The lowest BCUT2D eigenvalue weighted by molar-refractivity contribution is 1.07. The fourth-order valence-electron chi connectivity index (χ4n) is 2.00. The van der Waals surface area contributed by atoms with E-state index in [1.807, 2.05) is 24.3 Å². The Morgan fingerprint density at radius 3 is 0.625 bits per heavy atom. The minimum Gasteiger partial charge on any atom is -0.232 e. The van der Waals surface area contributed by atoms with Gasteiger partial charge in [-0.05, 0) is 0 Å². The van der Waals surface area contributed by atoms with Crippen LogP contribution in [0.25, 0.3) is 23.3 Å². The van der Waals surface area contributed by atoms with Crippen LogP contribution in [0.2, 0.25) is 0 Å². The molecule has 4 aromatic heterocycles. The second-order valence-corrected chi connectivity index (χ2v) is 5.63. The molecule has 12 heteroatoms. The van der Waals surface area contributed by atoms with Crippen LogP contribution in [0, 0.1) is 45.3 Å². The highest BCUT2D eigenvalue weighted by atomic mass is 15.0. The molecule has 0 unspecified atom stereocenters. The summed E-state index contributed by atoms with van der Waals surface area (Å²) in [5, 5.41) is 34.3. The molecular formula is C20H8N12. The monoisotopic (exact) mass is 416 g/mol. The molecule has 32 heavy (non-hydrogen) atoms. The Bertz CT molecular complexity index is 1150. The van der Waals surface area contributed by atoms with E-state index >= 15 is 0 Å². The molecule has 0 spiro atoms. The summed E-state index contributed by atoms with van der Waals surface area (Å²) < 4.78 is 0. The standard InChI is InChI=1S/2C10H4N6/c2*11-1-7-3-13-9(14-4-7)10-15-5-8(2-12)6-16-10/h2*3-6H. The predicted molar refractivity (Wildman–Crippen MR) is 105 cm³/mol. The van der Waals surface area contributed by atoms with Crippen molar-refractivity contribution < 1.29 is 0 Å². The van der Waals surface area contributed by atoms with Crippen LogP contribution in [0.3, 0.4) is 0 Å². The average Bonchev–Trinajstić information content (AvgIpc) is 2.89. The Morgan fingerprint density at radius 1 is 0.344 bits per heavy atom. The van der Waals surface area contributed by atoms with Gasteiger partial charge < -0.3 is 0 Å². The lowest BCUT2D eigenvalue weighted by Crippen LogP contribution is -1.95. The van der Waals surface area contributed by atoms with Crippen LogP contribution >= 0.6 is 0 Å². The molecule has 0 aromatic carbocycles. The Kier molecular flexibility index (Phi) is 6.67. The van der Waals surface area contributed by atoms with Gasteiger partial charge in [-0.1, -0.05) is 0 Å². The van der Waals surface area contributed by atoms with Crippen molar-refractivity contribution in [3.05, 3.63) is 71.8 Å². The summed E-state index contributed by atoms with van der Waals surface area (Å²) in [4.78, 5) is 31.5. The van der Waals surface area contributed by atoms with Gasteiger partial charge in [0.25, 0.3) is 0 Å². The van der Waals surface area contributed by atoms with Gasteiger partial charge in [-0.25, -0.2) is 39.9 Å². The van der Waals surface area contributed by atoms with E-state index in [1.165, 1.54) is 49.6 Å². The first-order valence-electron chi connectivity index (χ1n) is 8.56. The third-order valence-electron chi connectivity index (χ3n) is 3.52. The van der Waals surface area contributed by atoms with Gasteiger partial charge in [0.1, 0.15) is 24.3 Å². The minimum absolute atomic E-state index is 0.323. The first-order valence-corrected chi connectivity index (χ1v) is 8.56. The zero-order chi connectivity index (χ0) is 22.8. The highest BCUT2D eigenvalue weighted by Gasteiger charge is 2.05. The minimum atomic E-state index is 0.323. The third-order valence-corrected chi connectivity index (χ3v) is 3.52. The number of rotatable bonds is 2. The molecular weight excluding hydrogens is 408 g/mol. The average molecular weight is 416 g/mol. The van der Waals surface area contributed by atoms with Crippen molar-refractivity contribution in [2.45, 2.75) is 0 Å². The topological polar surface area (TPSA) is 198 Å². The highest BCUT2D eigenvalue weighted by molar-refractivity contribution is 5.44. The Balaban J connectivity index is 0.000000181. The molecule has 4 rings (SSSR count). The van der Waals surface area contributed by atoms with Crippen molar-refractivity contribution in [1.29, 1.82) is 21.0 Å². The van der Waals surface area contributed by atoms with E-state index in [1.54, 1.807) is 0 Å². The maximum atomic E-state index is 8.57. The van der Waals surface area contributed by atoms with E-state index in [0.29, 0.717) is 45.6 Å². The fourth-order valence-corrected chi connectivity index (χ4v) is 2.00. The van der Waals surface area contributed by atoms with Crippen molar-refractivity contribution in [3.63, 3.8) is 0 Å². The van der Waals surface area contributed by atoms with Gasteiger partial charge >= 0.3 is 0 Å². The SMILES string of the molecule is N#Cc1cnc(-c2ncc(C#N)cn2)nc1.N#Cc1cnc(-c2ncc(C#N)cn2)nc1. The first kappa shape index (κ1) is 21.0. The van der Waals surface area contributed by atoms with Crippen LogP contribution in [0.15, 0.2) is 49.6 Å². The normalized spacial score (nSPS) is 9.12. The van der Waals surface area contributed by atoms with E-state index < -0.39 is 0 Å². The van der Waals surface area contributed by atoms with Gasteiger partial charge in [0.05, 0.1) is 22.3 Å². The Morgan fingerprint density at radius 2 is 0.500 bits per heavy atom. The second kappa shape index (κ2) is 10.2. The van der Waals surface area contributed by atoms with E-state index in [9.17, 15) is 0 Å². The number of nitriles is 4. The molecule has 148 valence electrons. The van der Waals surface area contributed by atoms with Crippen LogP contribution < -0.4 is 0 Å². The van der Waals surface area contributed by atoms with Crippen molar-refractivity contribution in [2.24, 2.45) is 0 Å². The van der Waals surface area contributed by atoms with Crippen molar-refractivity contribution in [1.82, 2.24) is 39.9 Å². The summed E-state index contributed by atoms with van der Waals surface area (Å²) in [5.41, 5.74) is 1.49. The number of hydrogen-bond donors (Lipinski definition) is 0. The first-order chi connectivity index (χ1) is 15.7. The van der Waals surface area contributed by atoms with Gasteiger partial charge in [-0.3, -0.25) is 0 Å². The molecule has 0 aliphatic carbocycles. The fraction of sp³-hybridized carbons (Fsp3) is 0. The summed E-state index contributed by atoms with van der Waals surface area (Å²) in [6.07, 6.45) is 11.1. The molecule has 0 atom stereocenters. The summed E-state index contributed by atoms with van der Waals surface area (Å²) in [6, 6.07) is 7.66. The van der Waals surface area contributed by atoms with Crippen LogP contribution in [0.1, 0.15) is 22.3 Å². The second-order valence-electron chi connectivity index (χ2n) is 5.63. The molecule has 0 radical (unpaired) electrons. The van der Waals surface area contributed by atoms with Crippen LogP contribution in [0.4, 0.5) is 0 Å². The summed E-state index contributed by atoms with van der Waals surface area (Å²) in [5.74, 6) is 1.29. The Hall–Kier alpha value is -5.72. The molecule has 4 heterocycles. The van der Waals surface area contributed by atoms with Crippen molar-refractivity contribution >= 4 is 0 Å². The van der Waals surface area contributed by atoms with E-state index in [4.69, 9.17) is 21.0 Å². The number of nitrogens with zero attached hydrogens (tertiary/aromatic N) is 12. The quantitative estimate of drug-likeness (QED) is 0.455. The van der Waals surface area contributed by atoms with E-state index in [0.717, 1.165) is 0 Å². The van der Waals surface area contributed by atoms with Crippen molar-refractivity contribution in [2.75, 3.05) is 0 Å². The van der Waals surface area contributed by atoms with E-state index in [2.05, 4.69) is 39.9 Å².